The summed E-state index contributed by atoms with van der Waals surface area (Å²) in [6, 6.07) is 7.91. The quantitative estimate of drug-likeness (QED) is 0.891. The van der Waals surface area contributed by atoms with E-state index in [-0.39, 0.29) is 11.7 Å². The van der Waals surface area contributed by atoms with Crippen LogP contribution in [0.25, 0.3) is 10.9 Å². The first-order chi connectivity index (χ1) is 11.5. The number of amides is 1. The number of carbonyl (C=O) groups excluding carboxylic acids is 1. The van der Waals surface area contributed by atoms with Gasteiger partial charge in [0.1, 0.15) is 0 Å². The molecule has 1 saturated heterocycles. The molecule has 1 aliphatic rings. The Hall–Kier alpha value is -1.86. The van der Waals surface area contributed by atoms with Crippen LogP contribution in [0.2, 0.25) is 0 Å². The molecule has 0 bridgehead atoms. The molecule has 6 nitrogen and oxygen atoms in total. The first-order valence-electron chi connectivity index (χ1n) is 8.32. The summed E-state index contributed by atoms with van der Waals surface area (Å²) in [6.07, 6.45) is 2.83. The molecule has 1 fully saturated rings. The van der Waals surface area contributed by atoms with Crippen molar-refractivity contribution in [2.24, 2.45) is 0 Å². The largest absolute Gasteiger partial charge is 0.361 e. The van der Waals surface area contributed by atoms with Gasteiger partial charge in [-0.15, -0.1) is 0 Å². The van der Waals surface area contributed by atoms with Crippen molar-refractivity contribution >= 4 is 26.8 Å². The zero-order valence-electron chi connectivity index (χ0n) is 13.9. The number of piperazine rings is 1. The lowest BCUT2D eigenvalue weighted by Crippen LogP contribution is -2.51. The number of carbonyl (C=O) groups is 1. The number of rotatable bonds is 5. The summed E-state index contributed by atoms with van der Waals surface area (Å²) in [5.74, 6) is 0.225. The van der Waals surface area contributed by atoms with Crippen LogP contribution >= 0.6 is 0 Å². The fraction of sp³-hybridized carbons (Fsp3) is 0.471. The zero-order chi connectivity index (χ0) is 17.2. The van der Waals surface area contributed by atoms with Gasteiger partial charge < -0.3 is 9.88 Å². The van der Waals surface area contributed by atoms with Crippen molar-refractivity contribution in [3.05, 3.63) is 36.0 Å². The van der Waals surface area contributed by atoms with Crippen molar-refractivity contribution in [2.45, 2.75) is 19.8 Å². The number of aromatic nitrogens is 1. The summed E-state index contributed by atoms with van der Waals surface area (Å²) >= 11 is 0. The third-order valence-corrected chi connectivity index (χ3v) is 6.54. The van der Waals surface area contributed by atoms with Crippen molar-refractivity contribution in [3.8, 4) is 0 Å². The maximum atomic E-state index is 12.5. The van der Waals surface area contributed by atoms with E-state index >= 15 is 0 Å². The van der Waals surface area contributed by atoms with Crippen LogP contribution in [-0.2, 0) is 21.2 Å². The highest BCUT2D eigenvalue weighted by Crippen LogP contribution is 2.19. The summed E-state index contributed by atoms with van der Waals surface area (Å²) in [6.45, 7) is 3.57. The molecular formula is C17H23N3O3S. The highest BCUT2D eigenvalue weighted by atomic mass is 32.2. The van der Waals surface area contributed by atoms with Gasteiger partial charge in [-0.1, -0.05) is 25.1 Å². The lowest BCUT2D eigenvalue weighted by molar-refractivity contribution is -0.131. The summed E-state index contributed by atoms with van der Waals surface area (Å²) in [5.41, 5.74) is 2.01. The molecule has 0 radical (unpaired) electrons. The Morgan fingerprint density at radius 1 is 1.17 bits per heavy atom. The lowest BCUT2D eigenvalue weighted by atomic mass is 10.1. The zero-order valence-corrected chi connectivity index (χ0v) is 14.7. The van der Waals surface area contributed by atoms with Crippen molar-refractivity contribution in [1.82, 2.24) is 14.2 Å². The number of nitrogens with one attached hydrogen (secondary N) is 1. The van der Waals surface area contributed by atoms with Gasteiger partial charge in [0.15, 0.2) is 0 Å². The molecule has 24 heavy (non-hydrogen) atoms. The van der Waals surface area contributed by atoms with Crippen molar-refractivity contribution < 1.29 is 13.2 Å². The first kappa shape index (κ1) is 17.0. The first-order valence-corrected chi connectivity index (χ1v) is 9.93. The van der Waals surface area contributed by atoms with Crippen LogP contribution in [0.1, 0.15) is 18.9 Å². The molecule has 1 amide bonds. The molecule has 0 saturated carbocycles. The Bertz CT molecular complexity index is 820. The number of hydrogen-bond acceptors (Lipinski definition) is 3. The van der Waals surface area contributed by atoms with Crippen molar-refractivity contribution in [2.75, 3.05) is 31.9 Å². The van der Waals surface area contributed by atoms with Gasteiger partial charge in [-0.3, -0.25) is 4.79 Å². The molecule has 1 aliphatic heterocycles. The van der Waals surface area contributed by atoms with Crippen LogP contribution in [0.4, 0.5) is 0 Å². The summed E-state index contributed by atoms with van der Waals surface area (Å²) in [5, 5.41) is 1.06. The fourth-order valence-corrected chi connectivity index (χ4v) is 4.65. The van der Waals surface area contributed by atoms with Gasteiger partial charge in [0.05, 0.1) is 12.2 Å². The third-order valence-electron chi connectivity index (χ3n) is 4.46. The van der Waals surface area contributed by atoms with Crippen LogP contribution < -0.4 is 0 Å². The number of aromatic amines is 1. The number of H-pyrrole nitrogens is 1. The molecule has 1 aromatic heterocycles. The average Bonchev–Trinajstić information content (AvgIpc) is 2.98. The number of benzene rings is 1. The number of hydrogen-bond donors (Lipinski definition) is 1. The monoisotopic (exact) mass is 349 g/mol. The van der Waals surface area contributed by atoms with Gasteiger partial charge >= 0.3 is 0 Å². The van der Waals surface area contributed by atoms with E-state index in [4.69, 9.17) is 0 Å². The lowest BCUT2D eigenvalue weighted by Gasteiger charge is -2.34. The van der Waals surface area contributed by atoms with Crippen LogP contribution in [0, 0.1) is 0 Å². The number of sulfonamides is 1. The molecule has 7 heteroatoms. The minimum atomic E-state index is -3.17. The Labute approximate surface area is 142 Å². The SMILES string of the molecule is CCCS(=O)(=O)N1CCN(C(=O)Cc2c[nH]c3ccccc23)CC1. The fourth-order valence-electron chi connectivity index (χ4n) is 3.16. The predicted molar refractivity (Wildman–Crippen MR) is 94.2 cm³/mol. The maximum absolute atomic E-state index is 12.5. The van der Waals surface area contributed by atoms with Crippen molar-refractivity contribution in [3.63, 3.8) is 0 Å². The Morgan fingerprint density at radius 2 is 1.88 bits per heavy atom. The second-order valence-electron chi connectivity index (χ2n) is 6.13. The summed E-state index contributed by atoms with van der Waals surface area (Å²) < 4.78 is 25.7. The number of nitrogens with zero attached hydrogens (tertiary/aromatic N) is 2. The highest BCUT2D eigenvalue weighted by Gasteiger charge is 2.28. The molecule has 1 aromatic carbocycles. The van der Waals surface area contributed by atoms with Crippen LogP contribution in [0.15, 0.2) is 30.5 Å². The normalized spacial score (nSPS) is 16.6. The van der Waals surface area contributed by atoms with Gasteiger partial charge in [-0.25, -0.2) is 8.42 Å². The van der Waals surface area contributed by atoms with Crippen LogP contribution in [-0.4, -0.2) is 60.4 Å². The number of para-hydroxylation sites is 1. The maximum Gasteiger partial charge on any atom is 0.227 e. The standard InChI is InChI=1S/C17H23N3O3S/c1-2-11-24(22,23)20-9-7-19(8-10-20)17(21)12-14-13-18-16-6-4-3-5-15(14)16/h3-6,13,18H,2,7-12H2,1H3. The predicted octanol–water partition coefficient (Wildman–Crippen LogP) is 1.59. The Balaban J connectivity index is 1.61. The molecule has 2 aromatic rings. The molecule has 0 unspecified atom stereocenters. The van der Waals surface area contributed by atoms with Gasteiger partial charge in [0.2, 0.25) is 15.9 Å². The molecular weight excluding hydrogens is 326 g/mol. The van der Waals surface area contributed by atoms with Gasteiger partial charge in [-0.05, 0) is 18.1 Å². The smallest absolute Gasteiger partial charge is 0.227 e. The van der Waals surface area contributed by atoms with E-state index in [2.05, 4.69) is 4.98 Å². The average molecular weight is 349 g/mol. The van der Waals surface area contributed by atoms with E-state index in [1.54, 1.807) is 4.90 Å². The molecule has 130 valence electrons. The van der Waals surface area contributed by atoms with Gasteiger partial charge in [-0.2, -0.15) is 4.31 Å². The second kappa shape index (κ2) is 6.94. The van der Waals surface area contributed by atoms with Gasteiger partial charge in [0, 0.05) is 43.3 Å². The van der Waals surface area contributed by atoms with E-state index in [9.17, 15) is 13.2 Å². The van der Waals surface area contributed by atoms with Crippen molar-refractivity contribution in [1.29, 1.82) is 0 Å². The third kappa shape index (κ3) is 3.47. The second-order valence-corrected chi connectivity index (χ2v) is 8.22. The molecule has 1 N–H and O–H groups in total. The summed E-state index contributed by atoms with van der Waals surface area (Å²) in [7, 11) is -3.17. The van der Waals surface area contributed by atoms with Gasteiger partial charge in [0.25, 0.3) is 0 Å². The topological polar surface area (TPSA) is 73.5 Å². The highest BCUT2D eigenvalue weighted by molar-refractivity contribution is 7.89. The molecule has 0 atom stereocenters. The van der Waals surface area contributed by atoms with E-state index in [0.29, 0.717) is 39.0 Å². The van der Waals surface area contributed by atoms with Crippen LogP contribution in [0.5, 0.6) is 0 Å². The van der Waals surface area contributed by atoms with E-state index in [0.717, 1.165) is 16.5 Å². The minimum Gasteiger partial charge on any atom is -0.361 e. The molecule has 3 rings (SSSR count). The molecule has 2 heterocycles. The Morgan fingerprint density at radius 3 is 2.58 bits per heavy atom. The van der Waals surface area contributed by atoms with E-state index in [1.807, 2.05) is 37.4 Å². The molecule has 0 aliphatic carbocycles. The minimum absolute atomic E-state index is 0.0484. The summed E-state index contributed by atoms with van der Waals surface area (Å²) in [4.78, 5) is 17.5. The number of fused-ring (bicyclic) bond motifs is 1. The molecule has 0 spiro atoms. The van der Waals surface area contributed by atoms with E-state index in [1.165, 1.54) is 4.31 Å². The van der Waals surface area contributed by atoms with E-state index < -0.39 is 10.0 Å². The Kier molecular flexibility index (Phi) is 4.91. The van der Waals surface area contributed by atoms with Crippen LogP contribution in [0.3, 0.4) is 0 Å².